The van der Waals surface area contributed by atoms with Crippen LogP contribution in [-0.2, 0) is 0 Å². The molecule has 0 amide bonds. The summed E-state index contributed by atoms with van der Waals surface area (Å²) in [5, 5.41) is 27.5. The Balaban J connectivity index is 3.26. The van der Waals surface area contributed by atoms with Crippen LogP contribution >= 0.6 is 0 Å². The fourth-order valence-corrected chi connectivity index (χ4v) is 2.66. The monoisotopic (exact) mass is 340 g/mol. The van der Waals surface area contributed by atoms with Gasteiger partial charge in [-0.25, -0.2) is 0 Å². The van der Waals surface area contributed by atoms with Crippen molar-refractivity contribution in [3.63, 3.8) is 0 Å². The number of rotatable bonds is 17. The average Bonchev–Trinajstić information content (AvgIpc) is 2.60. The van der Waals surface area contributed by atoms with E-state index in [-0.39, 0.29) is 6.61 Å². The van der Waals surface area contributed by atoms with Crippen molar-refractivity contribution >= 4 is 0 Å². The van der Waals surface area contributed by atoms with Crippen LogP contribution in [0.25, 0.3) is 0 Å². The topological polar surface area (TPSA) is 60.7 Å². The summed E-state index contributed by atoms with van der Waals surface area (Å²) >= 11 is 0. The van der Waals surface area contributed by atoms with Crippen molar-refractivity contribution in [2.45, 2.75) is 103 Å². The maximum atomic E-state index is 9.51. The van der Waals surface area contributed by atoms with Gasteiger partial charge >= 0.3 is 0 Å². The second-order valence-corrected chi connectivity index (χ2v) is 6.69. The number of unbranched alkanes of at least 4 members (excludes halogenated alkanes) is 9. The minimum atomic E-state index is -0.983. The minimum absolute atomic E-state index is 0.358. The third kappa shape index (κ3) is 16.2. The third-order valence-electron chi connectivity index (χ3n) is 4.33. The molecule has 0 spiro atoms. The van der Waals surface area contributed by atoms with Gasteiger partial charge in [0.25, 0.3) is 0 Å². The average molecular weight is 341 g/mol. The van der Waals surface area contributed by atoms with Gasteiger partial charge < -0.3 is 15.3 Å². The summed E-state index contributed by atoms with van der Waals surface area (Å²) in [4.78, 5) is 0. The molecule has 3 nitrogen and oxygen atoms in total. The number of aliphatic hydroxyl groups excluding tert-OH is 3. The zero-order chi connectivity index (χ0) is 17.9. The van der Waals surface area contributed by atoms with Crippen molar-refractivity contribution in [1.29, 1.82) is 0 Å². The Morgan fingerprint density at radius 3 is 1.79 bits per heavy atom. The van der Waals surface area contributed by atoms with Crippen molar-refractivity contribution in [3.8, 4) is 0 Å². The molecule has 2 unspecified atom stereocenters. The molecule has 0 bridgehead atoms. The lowest BCUT2D eigenvalue weighted by molar-refractivity contribution is -0.0185. The molecule has 3 N–H and O–H groups in total. The lowest BCUT2D eigenvalue weighted by Gasteiger charge is -2.14. The molecule has 142 valence electrons. The molecule has 24 heavy (non-hydrogen) atoms. The number of hydrogen-bond donors (Lipinski definition) is 3. The summed E-state index contributed by atoms with van der Waals surface area (Å²) in [6.07, 6.45) is 22.3. The van der Waals surface area contributed by atoms with Crippen LogP contribution < -0.4 is 0 Å². The predicted octanol–water partition coefficient (Wildman–Crippen LogP) is 4.90. The fraction of sp³-hybridized carbons (Fsp3) is 0.810. The molecule has 3 heteroatoms. The van der Waals surface area contributed by atoms with E-state index in [9.17, 15) is 10.2 Å². The zero-order valence-corrected chi connectivity index (χ0v) is 15.7. The highest BCUT2D eigenvalue weighted by molar-refractivity contribution is 4.92. The summed E-state index contributed by atoms with van der Waals surface area (Å²) in [6.45, 7) is 1.88. The molecule has 0 aliphatic carbocycles. The van der Waals surface area contributed by atoms with E-state index in [1.807, 2.05) is 0 Å². The third-order valence-corrected chi connectivity index (χ3v) is 4.33. The Morgan fingerprint density at radius 2 is 1.21 bits per heavy atom. The molecule has 2 atom stereocenters. The summed E-state index contributed by atoms with van der Waals surface area (Å²) in [5.74, 6) is 0. The summed E-state index contributed by atoms with van der Waals surface area (Å²) < 4.78 is 0. The largest absolute Gasteiger partial charge is 0.394 e. The molecule has 0 aromatic carbocycles. The van der Waals surface area contributed by atoms with Crippen LogP contribution in [0.15, 0.2) is 24.3 Å². The lowest BCUT2D eigenvalue weighted by atomic mass is 10.0. The predicted molar refractivity (Wildman–Crippen MR) is 103 cm³/mol. The number of allylic oxidation sites excluding steroid dienone is 4. The first-order valence-electron chi connectivity index (χ1n) is 9.99. The quantitative estimate of drug-likeness (QED) is 0.260. The maximum absolute atomic E-state index is 9.51. The molecular weight excluding hydrogens is 300 g/mol. The highest BCUT2D eigenvalue weighted by atomic mass is 16.4. The Hall–Kier alpha value is -0.640. The van der Waals surface area contributed by atoms with Crippen LogP contribution in [0, 0.1) is 0 Å². The Kier molecular flexibility index (Phi) is 18.2. The Labute approximate surface area is 149 Å². The van der Waals surface area contributed by atoms with Gasteiger partial charge in [0.15, 0.2) is 0 Å². The SMILES string of the molecule is CCCCC/C=C\C/C=C\CCCCCCCCC(O)C(O)CO. The summed E-state index contributed by atoms with van der Waals surface area (Å²) in [6, 6.07) is 0. The molecule has 0 aliphatic rings. The van der Waals surface area contributed by atoms with E-state index < -0.39 is 12.2 Å². The van der Waals surface area contributed by atoms with E-state index in [1.165, 1.54) is 57.8 Å². The molecular formula is C21H40O3. The highest BCUT2D eigenvalue weighted by Gasteiger charge is 2.13. The van der Waals surface area contributed by atoms with E-state index in [0.29, 0.717) is 6.42 Å². The molecule has 0 aromatic heterocycles. The molecule has 0 saturated carbocycles. The van der Waals surface area contributed by atoms with E-state index >= 15 is 0 Å². The van der Waals surface area contributed by atoms with E-state index in [4.69, 9.17) is 5.11 Å². The molecule has 0 heterocycles. The van der Waals surface area contributed by atoms with Crippen LogP contribution in [0.2, 0.25) is 0 Å². The van der Waals surface area contributed by atoms with Crippen LogP contribution in [0.1, 0.15) is 90.4 Å². The molecule has 0 aliphatic heterocycles. The fourth-order valence-electron chi connectivity index (χ4n) is 2.66. The lowest BCUT2D eigenvalue weighted by Crippen LogP contribution is -2.28. The molecule has 0 rings (SSSR count). The first kappa shape index (κ1) is 23.4. The summed E-state index contributed by atoms with van der Waals surface area (Å²) in [5.41, 5.74) is 0. The normalized spacial score (nSPS) is 14.7. The van der Waals surface area contributed by atoms with Gasteiger partial charge in [0, 0.05) is 0 Å². The van der Waals surface area contributed by atoms with Crippen LogP contribution in [0.4, 0.5) is 0 Å². The van der Waals surface area contributed by atoms with Gasteiger partial charge in [0.2, 0.25) is 0 Å². The molecule has 0 fully saturated rings. The first-order valence-corrected chi connectivity index (χ1v) is 9.99. The Morgan fingerprint density at radius 1 is 0.667 bits per heavy atom. The van der Waals surface area contributed by atoms with Gasteiger partial charge in [-0.2, -0.15) is 0 Å². The van der Waals surface area contributed by atoms with E-state index in [0.717, 1.165) is 19.3 Å². The van der Waals surface area contributed by atoms with Crippen molar-refractivity contribution in [2.75, 3.05) is 6.61 Å². The second-order valence-electron chi connectivity index (χ2n) is 6.69. The highest BCUT2D eigenvalue weighted by Crippen LogP contribution is 2.11. The number of aliphatic hydroxyl groups is 3. The smallest absolute Gasteiger partial charge is 0.103 e. The zero-order valence-electron chi connectivity index (χ0n) is 15.7. The van der Waals surface area contributed by atoms with E-state index in [2.05, 4.69) is 31.2 Å². The van der Waals surface area contributed by atoms with Gasteiger partial charge in [0.05, 0.1) is 12.7 Å². The first-order chi connectivity index (χ1) is 11.7. The maximum Gasteiger partial charge on any atom is 0.103 e. The standard InChI is InChI=1S/C21H40O3/c1-2-3-4-5-6-7-8-9-10-11-12-13-14-15-16-17-18-20(23)21(24)19-22/h6-7,9-10,20-24H,2-5,8,11-19H2,1H3/b7-6-,10-9-. The van der Waals surface area contributed by atoms with Crippen LogP contribution in [-0.4, -0.2) is 34.1 Å². The molecule has 0 aromatic rings. The summed E-state index contributed by atoms with van der Waals surface area (Å²) in [7, 11) is 0. The minimum Gasteiger partial charge on any atom is -0.394 e. The van der Waals surface area contributed by atoms with Crippen LogP contribution in [0.5, 0.6) is 0 Å². The van der Waals surface area contributed by atoms with Gasteiger partial charge in [-0.15, -0.1) is 0 Å². The van der Waals surface area contributed by atoms with Gasteiger partial charge in [-0.05, 0) is 38.5 Å². The van der Waals surface area contributed by atoms with Crippen molar-refractivity contribution < 1.29 is 15.3 Å². The van der Waals surface area contributed by atoms with Crippen LogP contribution in [0.3, 0.4) is 0 Å². The van der Waals surface area contributed by atoms with Gasteiger partial charge in [-0.3, -0.25) is 0 Å². The number of hydrogen-bond acceptors (Lipinski definition) is 3. The van der Waals surface area contributed by atoms with Gasteiger partial charge in [-0.1, -0.05) is 76.2 Å². The van der Waals surface area contributed by atoms with Crippen molar-refractivity contribution in [2.24, 2.45) is 0 Å². The second kappa shape index (κ2) is 18.7. The Bertz CT molecular complexity index is 299. The van der Waals surface area contributed by atoms with Crippen molar-refractivity contribution in [3.05, 3.63) is 24.3 Å². The van der Waals surface area contributed by atoms with Crippen molar-refractivity contribution in [1.82, 2.24) is 0 Å². The molecule has 0 radical (unpaired) electrons. The molecule has 0 saturated heterocycles. The van der Waals surface area contributed by atoms with E-state index in [1.54, 1.807) is 0 Å². The van der Waals surface area contributed by atoms with Gasteiger partial charge in [0.1, 0.15) is 6.10 Å².